The SMILES string of the molecule is [2H]C([2H])([2H])c1c[c-]c(-c2cc(CC(C)C)c([Si](C)(C)C)cn2)c(F)c1.[Ir].[c-]1ccc2c(oc3ccccc32)c1-c1cc(CC2CCCC2)ccn1. The molecule has 3 nitrogen and oxygen atoms in total. The molecule has 1 fully saturated rings. The van der Waals surface area contributed by atoms with Crippen LogP contribution < -0.4 is 5.19 Å². The molecular weight excluding hydrogens is 788 g/mol. The van der Waals surface area contributed by atoms with Crippen LogP contribution in [0.25, 0.3) is 44.5 Å². The Morgan fingerprint density at radius 1 is 0.958 bits per heavy atom. The molecule has 3 heterocycles. The molecule has 0 saturated heterocycles. The van der Waals surface area contributed by atoms with Crippen molar-refractivity contribution in [1.82, 2.24) is 9.97 Å². The van der Waals surface area contributed by atoms with Crippen molar-refractivity contribution in [3.63, 3.8) is 0 Å². The number of fused-ring (bicyclic) bond motifs is 3. The Hall–Kier alpha value is -3.44. The molecule has 0 spiro atoms. The second-order valence-corrected chi connectivity index (χ2v) is 19.3. The molecule has 0 N–H and O–H groups in total. The average Bonchev–Trinajstić information content (AvgIpc) is 3.72. The maximum Gasteiger partial charge on any atom is 0.120 e. The number of aromatic nitrogens is 2. The van der Waals surface area contributed by atoms with Gasteiger partial charge in [0, 0.05) is 47.8 Å². The fourth-order valence-corrected chi connectivity index (χ4v) is 8.34. The standard InChI is InChI=1S/C23H20NO.C19H25FNSi.Ir/c1-2-7-16(6-1)14-17-12-13-24-21(15-17)20-10-5-9-19-18-8-3-4-11-22(18)25-23(19)20;1-13(2)9-15-11-18(21-12-19(15)22(4,5)6)16-8-7-14(3)10-17(16)20;/h3-5,8-9,11-13,15-16H,1-2,6-7,14H2;7,10-13H,9H2,1-6H3;/q2*-1;/i;3D3;. The molecule has 3 aromatic heterocycles. The molecule has 1 aliphatic rings. The molecule has 1 aliphatic carbocycles. The number of pyridine rings is 2. The summed E-state index contributed by atoms with van der Waals surface area (Å²) < 4.78 is 42.8. The van der Waals surface area contributed by atoms with Crippen LogP contribution in [0.4, 0.5) is 4.39 Å². The van der Waals surface area contributed by atoms with Gasteiger partial charge in [-0.2, -0.15) is 0 Å². The van der Waals surface area contributed by atoms with E-state index in [1.807, 2.05) is 42.7 Å². The number of hydrogen-bond donors (Lipinski definition) is 0. The number of para-hydroxylation sites is 1. The number of benzene rings is 3. The maximum atomic E-state index is 14.5. The molecule has 7 rings (SSSR count). The smallest absolute Gasteiger partial charge is 0.120 e. The van der Waals surface area contributed by atoms with Gasteiger partial charge in [-0.15, -0.1) is 42.0 Å². The normalized spacial score (nSPS) is 14.7. The van der Waals surface area contributed by atoms with Crippen molar-refractivity contribution >= 4 is 35.2 Å². The zero-order chi connectivity index (χ0) is 35.6. The molecule has 1 radical (unpaired) electrons. The molecule has 1 saturated carbocycles. The first-order valence-corrected chi connectivity index (χ1v) is 20.3. The first-order valence-electron chi connectivity index (χ1n) is 18.3. The minimum absolute atomic E-state index is 0. The predicted octanol–water partition coefficient (Wildman–Crippen LogP) is 10.9. The van der Waals surface area contributed by atoms with E-state index >= 15 is 0 Å². The molecule has 0 unspecified atom stereocenters. The molecule has 48 heavy (non-hydrogen) atoms. The fourth-order valence-electron chi connectivity index (χ4n) is 6.75. The molecule has 0 atom stereocenters. The number of rotatable bonds is 7. The summed E-state index contributed by atoms with van der Waals surface area (Å²) in [5.41, 5.74) is 6.98. The van der Waals surface area contributed by atoms with Crippen LogP contribution in [0.2, 0.25) is 19.6 Å². The van der Waals surface area contributed by atoms with Crippen LogP contribution in [0.15, 0.2) is 83.5 Å². The van der Waals surface area contributed by atoms with Crippen molar-refractivity contribution in [2.75, 3.05) is 0 Å². The Bertz CT molecular complexity index is 2120. The van der Waals surface area contributed by atoms with Gasteiger partial charge < -0.3 is 14.4 Å². The second-order valence-electron chi connectivity index (χ2n) is 14.3. The van der Waals surface area contributed by atoms with Crippen molar-refractivity contribution in [1.29, 1.82) is 0 Å². The molecule has 3 aromatic carbocycles. The third-order valence-electron chi connectivity index (χ3n) is 8.99. The Morgan fingerprint density at radius 2 is 1.73 bits per heavy atom. The van der Waals surface area contributed by atoms with E-state index in [1.54, 1.807) is 0 Å². The average molecular weight is 836 g/mol. The monoisotopic (exact) mass is 836 g/mol. The topological polar surface area (TPSA) is 38.9 Å². The van der Waals surface area contributed by atoms with Gasteiger partial charge in [-0.3, -0.25) is 4.39 Å². The molecule has 6 heteroatoms. The summed E-state index contributed by atoms with van der Waals surface area (Å²) in [5.74, 6) is 0.718. The number of nitrogens with zero attached hydrogens (tertiary/aromatic N) is 2. The fraction of sp³-hybridized carbons (Fsp3) is 0.333. The zero-order valence-corrected chi connectivity index (χ0v) is 31.8. The first-order chi connectivity index (χ1) is 23.8. The maximum absolute atomic E-state index is 14.5. The van der Waals surface area contributed by atoms with Gasteiger partial charge in [0.2, 0.25) is 0 Å². The van der Waals surface area contributed by atoms with Crippen LogP contribution in [-0.4, -0.2) is 18.0 Å². The van der Waals surface area contributed by atoms with Gasteiger partial charge in [0.05, 0.1) is 13.7 Å². The second kappa shape index (κ2) is 15.4. The Balaban J connectivity index is 0.000000194. The van der Waals surface area contributed by atoms with Gasteiger partial charge in [-0.05, 0) is 53.4 Å². The molecule has 0 bridgehead atoms. The van der Waals surface area contributed by atoms with E-state index in [-0.39, 0.29) is 31.2 Å². The van der Waals surface area contributed by atoms with Gasteiger partial charge in [0.1, 0.15) is 5.58 Å². The van der Waals surface area contributed by atoms with Gasteiger partial charge in [-0.25, -0.2) is 0 Å². The van der Waals surface area contributed by atoms with Crippen LogP contribution in [0.1, 0.15) is 60.3 Å². The first kappa shape index (κ1) is 31.8. The van der Waals surface area contributed by atoms with Crippen molar-refractivity contribution < 1.29 is 33.0 Å². The van der Waals surface area contributed by atoms with Crippen molar-refractivity contribution in [3.05, 3.63) is 114 Å². The van der Waals surface area contributed by atoms with E-state index in [4.69, 9.17) is 8.53 Å². The molecule has 0 amide bonds. The third-order valence-corrected chi connectivity index (χ3v) is 11.1. The van der Waals surface area contributed by atoms with Crippen LogP contribution >= 0.6 is 0 Å². The summed E-state index contributed by atoms with van der Waals surface area (Å²) in [6.45, 7) is 8.79. The van der Waals surface area contributed by atoms with Crippen LogP contribution in [-0.2, 0) is 32.9 Å². The van der Waals surface area contributed by atoms with Crippen molar-refractivity contribution in [2.24, 2.45) is 11.8 Å². The van der Waals surface area contributed by atoms with Crippen LogP contribution in [0, 0.1) is 36.6 Å². The number of furan rings is 1. The summed E-state index contributed by atoms with van der Waals surface area (Å²) in [5, 5.41) is 3.56. The van der Waals surface area contributed by atoms with E-state index in [2.05, 4.69) is 79.9 Å². The predicted molar refractivity (Wildman–Crippen MR) is 196 cm³/mol. The quantitative estimate of drug-likeness (QED) is 0.119. The minimum Gasteiger partial charge on any atom is -0.501 e. The number of aryl methyl sites for hydroxylation is 1. The molecular formula is C42H45FIrN2OSi-2. The third kappa shape index (κ3) is 8.22. The van der Waals surface area contributed by atoms with Crippen molar-refractivity contribution in [3.8, 4) is 22.5 Å². The van der Waals surface area contributed by atoms with Gasteiger partial charge in [-0.1, -0.05) is 124 Å². The van der Waals surface area contributed by atoms with Gasteiger partial charge in [0.15, 0.2) is 0 Å². The summed E-state index contributed by atoms with van der Waals surface area (Å²) in [6, 6.07) is 27.1. The molecule has 251 valence electrons. The summed E-state index contributed by atoms with van der Waals surface area (Å²) in [7, 11) is -1.56. The van der Waals surface area contributed by atoms with E-state index < -0.39 is 20.7 Å². The Kier molecular flexibility index (Phi) is 10.2. The van der Waals surface area contributed by atoms with Crippen LogP contribution in [0.5, 0.6) is 0 Å². The summed E-state index contributed by atoms with van der Waals surface area (Å²) >= 11 is 0. The summed E-state index contributed by atoms with van der Waals surface area (Å²) in [6.07, 6.45) is 11.4. The van der Waals surface area contributed by atoms with E-state index in [1.165, 1.54) is 48.1 Å². The minimum atomic E-state index is -2.34. The zero-order valence-electron chi connectivity index (χ0n) is 31.4. The number of hydrogen-bond acceptors (Lipinski definition) is 3. The van der Waals surface area contributed by atoms with E-state index in [0.29, 0.717) is 11.6 Å². The van der Waals surface area contributed by atoms with Gasteiger partial charge >= 0.3 is 0 Å². The molecule has 0 aliphatic heterocycles. The summed E-state index contributed by atoms with van der Waals surface area (Å²) in [4.78, 5) is 9.07. The van der Waals surface area contributed by atoms with E-state index in [0.717, 1.165) is 58.0 Å². The molecule has 6 aromatic rings. The van der Waals surface area contributed by atoms with E-state index in [9.17, 15) is 4.39 Å². The van der Waals surface area contributed by atoms with Gasteiger partial charge in [0.25, 0.3) is 0 Å². The largest absolute Gasteiger partial charge is 0.501 e. The Morgan fingerprint density at radius 3 is 2.46 bits per heavy atom. The van der Waals surface area contributed by atoms with Crippen molar-refractivity contribution in [2.45, 2.75) is 78.9 Å². The number of halogens is 1. The Labute approximate surface area is 304 Å². The van der Waals surface area contributed by atoms with Crippen LogP contribution in [0.3, 0.4) is 0 Å².